The number of nitrogens with zero attached hydrogens (tertiary/aromatic N) is 2. The average molecular weight is 392 g/mol. The summed E-state index contributed by atoms with van der Waals surface area (Å²) >= 11 is 0. The molecule has 29 heavy (non-hydrogen) atoms. The quantitative estimate of drug-likeness (QED) is 0.583. The highest BCUT2D eigenvalue weighted by Gasteiger charge is 2.14. The maximum atomic E-state index is 13.9. The number of pyridine rings is 1. The average Bonchev–Trinajstić information content (AvgIpc) is 2.71. The summed E-state index contributed by atoms with van der Waals surface area (Å²) in [7, 11) is 4.12. The van der Waals surface area contributed by atoms with Gasteiger partial charge < -0.3 is 15.5 Å². The molecule has 0 atom stereocenters. The van der Waals surface area contributed by atoms with Crippen molar-refractivity contribution < 1.29 is 9.18 Å². The van der Waals surface area contributed by atoms with Gasteiger partial charge in [-0.25, -0.2) is 9.37 Å². The van der Waals surface area contributed by atoms with Gasteiger partial charge in [0.25, 0.3) is 5.91 Å². The van der Waals surface area contributed by atoms with Gasteiger partial charge in [-0.1, -0.05) is 30.3 Å². The molecular formula is C23H25FN4O. The lowest BCUT2D eigenvalue weighted by Crippen LogP contribution is -2.15. The number of nitrogens with one attached hydrogen (secondary N) is 2. The third-order valence-corrected chi connectivity index (χ3v) is 4.50. The first-order valence-corrected chi connectivity index (χ1v) is 9.55. The van der Waals surface area contributed by atoms with E-state index in [2.05, 4.69) is 40.7 Å². The standard InChI is InChI=1S/C23H25FN4O/c1-28(2)16-8-10-17-9-3-6-13-20(17)26-22-21(14-7-15-25-22)27-23(29)18-11-4-5-12-19(18)24/h3-7,9,11-15H,8,10,16H2,1-2H3,(H,25,26)(H,27,29). The van der Waals surface area contributed by atoms with Gasteiger partial charge >= 0.3 is 0 Å². The molecule has 150 valence electrons. The molecule has 2 N–H and O–H groups in total. The highest BCUT2D eigenvalue weighted by molar-refractivity contribution is 6.05. The van der Waals surface area contributed by atoms with E-state index in [0.29, 0.717) is 11.5 Å². The molecule has 0 saturated heterocycles. The van der Waals surface area contributed by atoms with Crippen molar-refractivity contribution >= 4 is 23.1 Å². The Labute approximate surface area is 170 Å². The van der Waals surface area contributed by atoms with E-state index in [1.54, 1.807) is 30.5 Å². The van der Waals surface area contributed by atoms with Crippen molar-refractivity contribution in [2.45, 2.75) is 12.8 Å². The zero-order chi connectivity index (χ0) is 20.6. The molecule has 0 fully saturated rings. The van der Waals surface area contributed by atoms with Crippen LogP contribution >= 0.6 is 0 Å². The summed E-state index contributed by atoms with van der Waals surface area (Å²) in [4.78, 5) is 19.0. The van der Waals surface area contributed by atoms with Crippen LogP contribution in [0.3, 0.4) is 0 Å². The molecule has 3 aromatic rings. The van der Waals surface area contributed by atoms with E-state index in [0.717, 1.165) is 25.1 Å². The van der Waals surface area contributed by atoms with Crippen LogP contribution in [0.25, 0.3) is 0 Å². The lowest BCUT2D eigenvalue weighted by atomic mass is 10.1. The van der Waals surface area contributed by atoms with E-state index in [1.165, 1.54) is 17.7 Å². The maximum absolute atomic E-state index is 13.9. The minimum Gasteiger partial charge on any atom is -0.338 e. The normalized spacial score (nSPS) is 10.8. The van der Waals surface area contributed by atoms with Crippen LogP contribution in [0.15, 0.2) is 66.9 Å². The molecule has 0 unspecified atom stereocenters. The molecule has 0 aliphatic carbocycles. The lowest BCUT2D eigenvalue weighted by Gasteiger charge is -2.16. The third kappa shape index (κ3) is 5.62. The van der Waals surface area contributed by atoms with Crippen molar-refractivity contribution in [2.75, 3.05) is 31.3 Å². The highest BCUT2D eigenvalue weighted by Crippen LogP contribution is 2.26. The Hall–Kier alpha value is -3.25. The van der Waals surface area contributed by atoms with E-state index >= 15 is 0 Å². The molecule has 3 rings (SSSR count). The van der Waals surface area contributed by atoms with E-state index < -0.39 is 11.7 Å². The Balaban J connectivity index is 1.78. The molecule has 0 radical (unpaired) electrons. The van der Waals surface area contributed by atoms with Gasteiger partial charge in [0.15, 0.2) is 5.82 Å². The molecular weight excluding hydrogens is 367 g/mol. The Kier molecular flexibility index (Phi) is 6.92. The summed E-state index contributed by atoms with van der Waals surface area (Å²) in [6.07, 6.45) is 3.60. The molecule has 0 bridgehead atoms. The predicted octanol–water partition coefficient (Wildman–Crippen LogP) is 4.71. The van der Waals surface area contributed by atoms with Gasteiger partial charge in [0.2, 0.25) is 0 Å². The summed E-state index contributed by atoms with van der Waals surface area (Å²) in [5.74, 6) is -0.565. The first-order chi connectivity index (χ1) is 14.0. The van der Waals surface area contributed by atoms with E-state index in [-0.39, 0.29) is 5.56 Å². The topological polar surface area (TPSA) is 57.3 Å². The smallest absolute Gasteiger partial charge is 0.258 e. The molecule has 0 aliphatic heterocycles. The van der Waals surface area contributed by atoms with Gasteiger partial charge in [0, 0.05) is 11.9 Å². The molecule has 1 amide bonds. The molecule has 2 aromatic carbocycles. The number of anilines is 3. The highest BCUT2D eigenvalue weighted by atomic mass is 19.1. The zero-order valence-electron chi connectivity index (χ0n) is 16.7. The van der Waals surface area contributed by atoms with Crippen LogP contribution in [-0.2, 0) is 6.42 Å². The second-order valence-electron chi connectivity index (χ2n) is 7.02. The minimum absolute atomic E-state index is 0.00797. The molecule has 1 aromatic heterocycles. The Bertz CT molecular complexity index is 974. The van der Waals surface area contributed by atoms with E-state index in [1.807, 2.05) is 18.2 Å². The van der Waals surface area contributed by atoms with Crippen LogP contribution < -0.4 is 10.6 Å². The number of halogens is 1. The van der Waals surface area contributed by atoms with Crippen molar-refractivity contribution in [3.05, 3.63) is 83.8 Å². The fourth-order valence-electron chi connectivity index (χ4n) is 3.01. The van der Waals surface area contributed by atoms with Crippen LogP contribution in [0.4, 0.5) is 21.6 Å². The molecule has 0 spiro atoms. The first kappa shape index (κ1) is 20.5. The number of benzene rings is 2. The number of hydrogen-bond acceptors (Lipinski definition) is 4. The monoisotopic (exact) mass is 392 g/mol. The number of carbonyl (C=O) groups excluding carboxylic acids is 1. The Morgan fingerprint density at radius 3 is 2.52 bits per heavy atom. The number of rotatable bonds is 8. The SMILES string of the molecule is CN(C)CCCc1ccccc1Nc1ncccc1NC(=O)c1ccccc1F. The first-order valence-electron chi connectivity index (χ1n) is 9.55. The second-order valence-corrected chi connectivity index (χ2v) is 7.02. The van der Waals surface area contributed by atoms with Crippen molar-refractivity contribution in [2.24, 2.45) is 0 Å². The summed E-state index contributed by atoms with van der Waals surface area (Å²) in [6.45, 7) is 1.00. The van der Waals surface area contributed by atoms with E-state index in [4.69, 9.17) is 0 Å². The summed E-state index contributed by atoms with van der Waals surface area (Å²) < 4.78 is 13.9. The van der Waals surface area contributed by atoms with Crippen molar-refractivity contribution in [3.8, 4) is 0 Å². The number of hydrogen-bond donors (Lipinski definition) is 2. The van der Waals surface area contributed by atoms with Crippen LogP contribution in [0, 0.1) is 5.82 Å². The van der Waals surface area contributed by atoms with Crippen LogP contribution in [-0.4, -0.2) is 36.4 Å². The van der Waals surface area contributed by atoms with Gasteiger partial charge in [-0.2, -0.15) is 0 Å². The van der Waals surface area contributed by atoms with Gasteiger partial charge in [0.1, 0.15) is 5.82 Å². The predicted molar refractivity (Wildman–Crippen MR) is 115 cm³/mol. The summed E-state index contributed by atoms with van der Waals surface area (Å²) in [5, 5.41) is 6.07. The van der Waals surface area contributed by atoms with Crippen molar-refractivity contribution in [3.63, 3.8) is 0 Å². The maximum Gasteiger partial charge on any atom is 0.258 e. The van der Waals surface area contributed by atoms with Gasteiger partial charge in [-0.3, -0.25) is 4.79 Å². The molecule has 6 heteroatoms. The Morgan fingerprint density at radius 2 is 1.72 bits per heavy atom. The van der Waals surface area contributed by atoms with Gasteiger partial charge in [0.05, 0.1) is 11.3 Å². The minimum atomic E-state index is -0.561. The van der Waals surface area contributed by atoms with Gasteiger partial charge in [-0.05, 0) is 69.4 Å². The van der Waals surface area contributed by atoms with Crippen molar-refractivity contribution in [1.82, 2.24) is 9.88 Å². The lowest BCUT2D eigenvalue weighted by molar-refractivity contribution is 0.102. The zero-order valence-corrected chi connectivity index (χ0v) is 16.7. The fourth-order valence-corrected chi connectivity index (χ4v) is 3.01. The molecule has 0 saturated carbocycles. The van der Waals surface area contributed by atoms with Crippen LogP contribution in [0.2, 0.25) is 0 Å². The Morgan fingerprint density at radius 1 is 1.00 bits per heavy atom. The number of amides is 1. The molecule has 5 nitrogen and oxygen atoms in total. The number of carbonyl (C=O) groups is 1. The largest absolute Gasteiger partial charge is 0.338 e. The van der Waals surface area contributed by atoms with Crippen LogP contribution in [0.5, 0.6) is 0 Å². The molecule has 0 aliphatic rings. The summed E-state index contributed by atoms with van der Waals surface area (Å²) in [6, 6.07) is 17.4. The van der Waals surface area contributed by atoms with Gasteiger partial charge in [-0.15, -0.1) is 0 Å². The number of aryl methyl sites for hydroxylation is 1. The second kappa shape index (κ2) is 9.80. The summed E-state index contributed by atoms with van der Waals surface area (Å²) in [5.41, 5.74) is 2.59. The third-order valence-electron chi connectivity index (χ3n) is 4.50. The number of aromatic nitrogens is 1. The number of para-hydroxylation sites is 1. The molecule has 1 heterocycles. The fraction of sp³-hybridized carbons (Fsp3) is 0.217. The van der Waals surface area contributed by atoms with Crippen LogP contribution in [0.1, 0.15) is 22.3 Å². The van der Waals surface area contributed by atoms with Crippen molar-refractivity contribution in [1.29, 1.82) is 0 Å². The van der Waals surface area contributed by atoms with E-state index in [9.17, 15) is 9.18 Å².